The largest absolute Gasteiger partial charge is 0.481 e. The third kappa shape index (κ3) is 0.634. The summed E-state index contributed by atoms with van der Waals surface area (Å²) in [6, 6.07) is 0. The number of carbonyl (C=O) groups is 1. The van der Waals surface area contributed by atoms with E-state index in [1.165, 1.54) is 0 Å². The van der Waals surface area contributed by atoms with E-state index in [1.807, 2.05) is 0 Å². The smallest absolute Gasteiger partial charge is 0.316 e. The van der Waals surface area contributed by atoms with Crippen LogP contribution in [0.3, 0.4) is 0 Å². The minimum absolute atomic E-state index is 0.448. The lowest BCUT2D eigenvalue weighted by molar-refractivity contribution is -0.149. The highest BCUT2D eigenvalue weighted by atomic mass is 16.4. The zero-order valence-corrected chi connectivity index (χ0v) is 5.82. The fourth-order valence-corrected chi connectivity index (χ4v) is 1.65. The molecule has 0 saturated carbocycles. The van der Waals surface area contributed by atoms with Crippen LogP contribution in [-0.4, -0.2) is 22.3 Å². The monoisotopic (exact) mass is 152 g/mol. The average Bonchev–Trinajstić information content (AvgIpc) is 2.43. The van der Waals surface area contributed by atoms with Gasteiger partial charge in [-0.15, -0.1) is 0 Å². The van der Waals surface area contributed by atoms with E-state index in [0.29, 0.717) is 6.42 Å². The highest BCUT2D eigenvalue weighted by Gasteiger charge is 2.49. The van der Waals surface area contributed by atoms with Crippen LogP contribution in [0.15, 0.2) is 23.8 Å². The summed E-state index contributed by atoms with van der Waals surface area (Å²) in [5.74, 6) is -0.940. The molecule has 2 N–H and O–H groups in total. The number of hydrogen-bond donors (Lipinski definition) is 2. The van der Waals surface area contributed by atoms with Gasteiger partial charge in [0.25, 0.3) is 0 Å². The van der Waals surface area contributed by atoms with Gasteiger partial charge >= 0.3 is 5.97 Å². The number of hydrogen-bond acceptors (Lipinski definition) is 2. The first-order valence-electron chi connectivity index (χ1n) is 3.46. The van der Waals surface area contributed by atoms with Crippen molar-refractivity contribution in [2.75, 3.05) is 0 Å². The second-order valence-corrected chi connectivity index (χ2v) is 3.04. The third-order valence-electron chi connectivity index (χ3n) is 2.39. The van der Waals surface area contributed by atoms with Gasteiger partial charge in [-0.25, -0.2) is 0 Å². The first-order chi connectivity index (χ1) is 5.15. The second-order valence-electron chi connectivity index (χ2n) is 3.04. The Balaban J connectivity index is 2.44. The molecule has 0 spiro atoms. The van der Waals surface area contributed by atoms with Crippen LogP contribution in [0.25, 0.3) is 0 Å². The first-order valence-corrected chi connectivity index (χ1v) is 3.46. The van der Waals surface area contributed by atoms with E-state index < -0.39 is 17.5 Å². The van der Waals surface area contributed by atoms with Gasteiger partial charge in [-0.2, -0.15) is 0 Å². The maximum Gasteiger partial charge on any atom is 0.316 e. The van der Waals surface area contributed by atoms with Gasteiger partial charge in [0, 0.05) is 0 Å². The van der Waals surface area contributed by atoms with Crippen molar-refractivity contribution in [1.82, 2.24) is 0 Å². The zero-order chi connectivity index (χ0) is 8.06. The Morgan fingerprint density at radius 1 is 1.73 bits per heavy atom. The summed E-state index contributed by atoms with van der Waals surface area (Å²) >= 11 is 0. The number of carboxylic acids is 1. The fourth-order valence-electron chi connectivity index (χ4n) is 1.65. The fraction of sp³-hybridized carbons (Fsp3) is 0.375. The van der Waals surface area contributed by atoms with Crippen LogP contribution >= 0.6 is 0 Å². The maximum absolute atomic E-state index is 10.7. The number of fused-ring (bicyclic) bond motifs is 2. The Labute approximate surface area is 63.7 Å². The number of aliphatic hydroxyl groups excluding tert-OH is 1. The predicted octanol–water partition coefficient (Wildman–Crippen LogP) is 0.318. The standard InChI is InChI=1S/C8H8O3/c9-6-3-5-1-2-8(6,4-5)7(10)11/h1-3,6,9H,4H2,(H,10,11). The molecule has 2 aliphatic carbocycles. The maximum atomic E-state index is 10.7. The third-order valence-corrected chi connectivity index (χ3v) is 2.39. The van der Waals surface area contributed by atoms with Crippen LogP contribution in [0, 0.1) is 5.41 Å². The molecule has 3 nitrogen and oxygen atoms in total. The van der Waals surface area contributed by atoms with Crippen LogP contribution in [0.5, 0.6) is 0 Å². The molecule has 2 unspecified atom stereocenters. The van der Waals surface area contributed by atoms with Crippen LogP contribution in [0.2, 0.25) is 0 Å². The molecule has 58 valence electrons. The van der Waals surface area contributed by atoms with Crippen molar-refractivity contribution in [3.63, 3.8) is 0 Å². The molecule has 3 heteroatoms. The van der Waals surface area contributed by atoms with E-state index in [2.05, 4.69) is 0 Å². The van der Waals surface area contributed by atoms with E-state index in [-0.39, 0.29) is 0 Å². The van der Waals surface area contributed by atoms with Crippen LogP contribution in [0.4, 0.5) is 0 Å². The van der Waals surface area contributed by atoms with Crippen molar-refractivity contribution in [3.05, 3.63) is 23.8 Å². The van der Waals surface area contributed by atoms with Crippen molar-refractivity contribution in [1.29, 1.82) is 0 Å². The Morgan fingerprint density at radius 3 is 2.73 bits per heavy atom. The quantitative estimate of drug-likeness (QED) is 0.568. The highest BCUT2D eigenvalue weighted by Crippen LogP contribution is 2.45. The molecule has 0 aromatic carbocycles. The number of rotatable bonds is 1. The molecule has 0 aromatic rings. The Kier molecular flexibility index (Phi) is 1.04. The van der Waals surface area contributed by atoms with Crippen molar-refractivity contribution in [3.8, 4) is 0 Å². The van der Waals surface area contributed by atoms with Gasteiger partial charge in [-0.1, -0.05) is 18.2 Å². The van der Waals surface area contributed by atoms with Gasteiger partial charge in [0.2, 0.25) is 0 Å². The predicted molar refractivity (Wildman–Crippen MR) is 37.9 cm³/mol. The van der Waals surface area contributed by atoms with Gasteiger partial charge in [0.15, 0.2) is 0 Å². The summed E-state index contributed by atoms with van der Waals surface area (Å²) in [6.07, 6.45) is 4.56. The summed E-state index contributed by atoms with van der Waals surface area (Å²) in [5, 5.41) is 18.1. The number of carboxylic acid groups (broad SMARTS) is 1. The molecule has 0 aromatic heterocycles. The topological polar surface area (TPSA) is 57.5 Å². The molecular formula is C8H8O3. The van der Waals surface area contributed by atoms with Crippen LogP contribution in [-0.2, 0) is 4.79 Å². The van der Waals surface area contributed by atoms with Crippen molar-refractivity contribution < 1.29 is 15.0 Å². The molecule has 0 amide bonds. The molecule has 0 aliphatic heterocycles. The summed E-state index contributed by atoms with van der Waals surface area (Å²) in [6.45, 7) is 0. The normalized spacial score (nSPS) is 39.4. The van der Waals surface area contributed by atoms with Crippen LogP contribution < -0.4 is 0 Å². The lowest BCUT2D eigenvalue weighted by atomic mass is 9.85. The summed E-state index contributed by atoms with van der Waals surface area (Å²) in [7, 11) is 0. The molecule has 0 radical (unpaired) electrons. The number of allylic oxidation sites excluding steroid dienone is 2. The van der Waals surface area contributed by atoms with Crippen molar-refractivity contribution in [2.24, 2.45) is 5.41 Å². The molecular weight excluding hydrogens is 144 g/mol. The highest BCUT2D eigenvalue weighted by molar-refractivity contribution is 5.82. The molecule has 0 saturated heterocycles. The molecule has 2 rings (SSSR count). The average molecular weight is 152 g/mol. The minimum Gasteiger partial charge on any atom is -0.481 e. The van der Waals surface area contributed by atoms with Crippen molar-refractivity contribution in [2.45, 2.75) is 12.5 Å². The summed E-state index contributed by atoms with van der Waals surface area (Å²) < 4.78 is 0. The summed E-state index contributed by atoms with van der Waals surface area (Å²) in [4.78, 5) is 10.7. The molecule has 11 heavy (non-hydrogen) atoms. The second kappa shape index (κ2) is 1.74. The van der Waals surface area contributed by atoms with Gasteiger partial charge < -0.3 is 10.2 Å². The minimum atomic E-state index is -1.03. The van der Waals surface area contributed by atoms with E-state index in [9.17, 15) is 9.90 Å². The van der Waals surface area contributed by atoms with Crippen molar-refractivity contribution >= 4 is 5.97 Å². The summed E-state index contributed by atoms with van der Waals surface area (Å²) in [5.41, 5.74) is -0.102. The first kappa shape index (κ1) is 6.61. The molecule has 0 fully saturated rings. The van der Waals surface area contributed by atoms with Gasteiger partial charge in [0.1, 0.15) is 5.41 Å². The Bertz CT molecular complexity index is 277. The van der Waals surface area contributed by atoms with Gasteiger partial charge in [-0.05, 0) is 12.0 Å². The van der Waals surface area contributed by atoms with E-state index in [1.54, 1.807) is 18.2 Å². The molecule has 2 atom stereocenters. The van der Waals surface area contributed by atoms with Gasteiger partial charge in [-0.3, -0.25) is 4.79 Å². The molecule has 0 heterocycles. The van der Waals surface area contributed by atoms with Crippen LogP contribution in [0.1, 0.15) is 6.42 Å². The number of aliphatic carboxylic acids is 1. The number of aliphatic hydroxyl groups is 1. The SMILES string of the molecule is O=C(O)C12C=CC(=CC1O)C2. The Hall–Kier alpha value is -1.09. The van der Waals surface area contributed by atoms with E-state index >= 15 is 0 Å². The lowest BCUT2D eigenvalue weighted by Gasteiger charge is -2.21. The lowest BCUT2D eigenvalue weighted by Crippen LogP contribution is -2.35. The van der Waals surface area contributed by atoms with Gasteiger partial charge in [0.05, 0.1) is 6.10 Å². The van der Waals surface area contributed by atoms with E-state index in [0.717, 1.165) is 5.57 Å². The van der Waals surface area contributed by atoms with E-state index in [4.69, 9.17) is 5.11 Å². The zero-order valence-electron chi connectivity index (χ0n) is 5.82. The molecule has 2 aliphatic rings. The Morgan fingerprint density at radius 2 is 2.45 bits per heavy atom. The molecule has 2 bridgehead atoms.